The van der Waals surface area contributed by atoms with E-state index in [9.17, 15) is 0 Å². The first kappa shape index (κ1) is 11.8. The Bertz CT molecular complexity index is 492. The highest BCUT2D eigenvalue weighted by atomic mass is 14.8. The summed E-state index contributed by atoms with van der Waals surface area (Å²) in [6.45, 7) is 4.23. The largest absolute Gasteiger partial charge is 0.322 e. The molecule has 88 valence electrons. The van der Waals surface area contributed by atoms with Gasteiger partial charge < -0.3 is 5.73 Å². The second-order valence-electron chi connectivity index (χ2n) is 4.50. The lowest BCUT2D eigenvalue weighted by molar-refractivity contribution is 0.693. The van der Waals surface area contributed by atoms with Crippen LogP contribution in [0.25, 0.3) is 0 Å². The van der Waals surface area contributed by atoms with E-state index in [0.717, 1.165) is 12.1 Å². The molecular formula is C15H18N2. The molecule has 1 heterocycles. The van der Waals surface area contributed by atoms with E-state index in [1.807, 2.05) is 18.2 Å². The Balaban J connectivity index is 2.18. The minimum Gasteiger partial charge on any atom is -0.322 e. The van der Waals surface area contributed by atoms with E-state index in [0.29, 0.717) is 0 Å². The molecule has 0 amide bonds. The standard InChI is InChI=1S/C15H18N2/c1-11-6-7-12(2)13(9-11)10-14(16)15-5-3-4-8-17-15/h3-9,14H,10,16H2,1-2H3. The van der Waals surface area contributed by atoms with Gasteiger partial charge in [-0.15, -0.1) is 0 Å². The molecule has 0 spiro atoms. The lowest BCUT2D eigenvalue weighted by Crippen LogP contribution is -2.15. The highest BCUT2D eigenvalue weighted by Crippen LogP contribution is 2.18. The number of nitrogens with zero attached hydrogens (tertiary/aromatic N) is 1. The van der Waals surface area contributed by atoms with Crippen LogP contribution >= 0.6 is 0 Å². The van der Waals surface area contributed by atoms with E-state index in [4.69, 9.17) is 5.73 Å². The van der Waals surface area contributed by atoms with Crippen molar-refractivity contribution >= 4 is 0 Å². The van der Waals surface area contributed by atoms with Crippen LogP contribution in [0, 0.1) is 13.8 Å². The minimum absolute atomic E-state index is 0.0308. The number of benzene rings is 1. The molecule has 17 heavy (non-hydrogen) atoms. The van der Waals surface area contributed by atoms with Crippen molar-refractivity contribution in [3.63, 3.8) is 0 Å². The first-order valence-corrected chi connectivity index (χ1v) is 5.89. The summed E-state index contributed by atoms with van der Waals surface area (Å²) in [5.41, 5.74) is 11.0. The molecule has 0 radical (unpaired) electrons. The third-order valence-corrected chi connectivity index (χ3v) is 3.01. The van der Waals surface area contributed by atoms with Crippen molar-refractivity contribution in [3.05, 3.63) is 65.0 Å². The van der Waals surface area contributed by atoms with Gasteiger partial charge in [0.15, 0.2) is 0 Å². The maximum Gasteiger partial charge on any atom is 0.0574 e. The van der Waals surface area contributed by atoms with Crippen molar-refractivity contribution < 1.29 is 0 Å². The summed E-state index contributed by atoms with van der Waals surface area (Å²) in [6.07, 6.45) is 2.63. The average molecular weight is 226 g/mol. The molecule has 0 aliphatic heterocycles. The number of aryl methyl sites for hydroxylation is 2. The molecule has 2 aromatic rings. The molecule has 2 N–H and O–H groups in total. The molecule has 1 aromatic carbocycles. The van der Waals surface area contributed by atoms with Crippen LogP contribution in [-0.2, 0) is 6.42 Å². The van der Waals surface area contributed by atoms with Crippen LogP contribution in [0.3, 0.4) is 0 Å². The van der Waals surface area contributed by atoms with Crippen molar-refractivity contribution in [2.45, 2.75) is 26.3 Å². The Labute approximate surface area is 103 Å². The second kappa shape index (κ2) is 5.11. The first-order valence-electron chi connectivity index (χ1n) is 5.89. The summed E-state index contributed by atoms with van der Waals surface area (Å²) in [5.74, 6) is 0. The smallest absolute Gasteiger partial charge is 0.0574 e. The Morgan fingerprint density at radius 2 is 2.00 bits per heavy atom. The van der Waals surface area contributed by atoms with Gasteiger partial charge in [0, 0.05) is 6.20 Å². The normalized spacial score (nSPS) is 12.4. The fraction of sp³-hybridized carbons (Fsp3) is 0.267. The molecule has 0 aliphatic rings. The lowest BCUT2D eigenvalue weighted by Gasteiger charge is -2.13. The number of hydrogen-bond acceptors (Lipinski definition) is 2. The maximum atomic E-state index is 6.18. The number of pyridine rings is 1. The zero-order valence-corrected chi connectivity index (χ0v) is 10.4. The van der Waals surface area contributed by atoms with Crippen LogP contribution in [0.15, 0.2) is 42.6 Å². The van der Waals surface area contributed by atoms with Gasteiger partial charge in [-0.25, -0.2) is 0 Å². The van der Waals surface area contributed by atoms with Gasteiger partial charge in [0.05, 0.1) is 11.7 Å². The molecule has 1 unspecified atom stereocenters. The minimum atomic E-state index is -0.0308. The third kappa shape index (κ3) is 2.92. The number of nitrogens with two attached hydrogens (primary N) is 1. The van der Waals surface area contributed by atoms with Gasteiger partial charge >= 0.3 is 0 Å². The molecule has 1 aromatic heterocycles. The van der Waals surface area contributed by atoms with Gasteiger partial charge in [-0.3, -0.25) is 4.98 Å². The van der Waals surface area contributed by atoms with Crippen LogP contribution in [0.4, 0.5) is 0 Å². The van der Waals surface area contributed by atoms with Gasteiger partial charge in [0.1, 0.15) is 0 Å². The molecule has 0 aliphatic carbocycles. The van der Waals surface area contributed by atoms with Crippen molar-refractivity contribution in [1.82, 2.24) is 4.98 Å². The van der Waals surface area contributed by atoms with E-state index in [1.165, 1.54) is 16.7 Å². The summed E-state index contributed by atoms with van der Waals surface area (Å²) < 4.78 is 0. The highest BCUT2D eigenvalue weighted by molar-refractivity contribution is 5.31. The quantitative estimate of drug-likeness (QED) is 0.874. The third-order valence-electron chi connectivity index (χ3n) is 3.01. The van der Waals surface area contributed by atoms with E-state index < -0.39 is 0 Å². The Morgan fingerprint density at radius 3 is 2.71 bits per heavy atom. The predicted molar refractivity (Wildman–Crippen MR) is 70.8 cm³/mol. The Kier molecular flexibility index (Phi) is 3.55. The van der Waals surface area contributed by atoms with Gasteiger partial charge in [0.25, 0.3) is 0 Å². The van der Waals surface area contributed by atoms with Crippen LogP contribution in [0.2, 0.25) is 0 Å². The van der Waals surface area contributed by atoms with Crippen molar-refractivity contribution in [2.75, 3.05) is 0 Å². The molecule has 2 heteroatoms. The summed E-state index contributed by atoms with van der Waals surface area (Å²) in [5, 5.41) is 0. The lowest BCUT2D eigenvalue weighted by atomic mass is 9.98. The number of rotatable bonds is 3. The zero-order valence-electron chi connectivity index (χ0n) is 10.4. The average Bonchev–Trinajstić information content (AvgIpc) is 2.35. The van der Waals surface area contributed by atoms with Crippen LogP contribution in [0.1, 0.15) is 28.4 Å². The fourth-order valence-corrected chi connectivity index (χ4v) is 1.96. The van der Waals surface area contributed by atoms with Crippen molar-refractivity contribution in [3.8, 4) is 0 Å². The van der Waals surface area contributed by atoms with E-state index in [1.54, 1.807) is 6.20 Å². The van der Waals surface area contributed by atoms with Crippen LogP contribution in [0.5, 0.6) is 0 Å². The fourth-order valence-electron chi connectivity index (χ4n) is 1.96. The summed E-state index contributed by atoms with van der Waals surface area (Å²) in [4.78, 5) is 4.30. The van der Waals surface area contributed by atoms with E-state index >= 15 is 0 Å². The molecule has 2 nitrogen and oxygen atoms in total. The molecule has 0 saturated carbocycles. The van der Waals surface area contributed by atoms with Crippen LogP contribution < -0.4 is 5.73 Å². The van der Waals surface area contributed by atoms with Crippen molar-refractivity contribution in [1.29, 1.82) is 0 Å². The first-order chi connectivity index (χ1) is 8.16. The molecule has 0 fully saturated rings. The van der Waals surface area contributed by atoms with E-state index in [-0.39, 0.29) is 6.04 Å². The molecule has 1 atom stereocenters. The second-order valence-corrected chi connectivity index (χ2v) is 4.50. The molecule has 0 saturated heterocycles. The molecular weight excluding hydrogens is 208 g/mol. The SMILES string of the molecule is Cc1ccc(C)c(CC(N)c2ccccn2)c1. The summed E-state index contributed by atoms with van der Waals surface area (Å²) in [7, 11) is 0. The monoisotopic (exact) mass is 226 g/mol. The zero-order chi connectivity index (χ0) is 12.3. The topological polar surface area (TPSA) is 38.9 Å². The molecule has 0 bridgehead atoms. The molecule has 2 rings (SSSR count). The maximum absolute atomic E-state index is 6.18. The highest BCUT2D eigenvalue weighted by Gasteiger charge is 2.09. The predicted octanol–water partition coefficient (Wildman–Crippen LogP) is 2.94. The van der Waals surface area contributed by atoms with E-state index in [2.05, 4.69) is 37.0 Å². The summed E-state index contributed by atoms with van der Waals surface area (Å²) >= 11 is 0. The van der Waals surface area contributed by atoms with Gasteiger partial charge in [-0.2, -0.15) is 0 Å². The van der Waals surface area contributed by atoms with Crippen LogP contribution in [-0.4, -0.2) is 4.98 Å². The van der Waals surface area contributed by atoms with Gasteiger partial charge in [0.2, 0.25) is 0 Å². The van der Waals surface area contributed by atoms with Gasteiger partial charge in [-0.1, -0.05) is 29.8 Å². The Hall–Kier alpha value is -1.67. The number of hydrogen-bond donors (Lipinski definition) is 1. The van der Waals surface area contributed by atoms with Gasteiger partial charge in [-0.05, 0) is 43.5 Å². The van der Waals surface area contributed by atoms with Crippen molar-refractivity contribution in [2.24, 2.45) is 5.73 Å². The number of aromatic nitrogens is 1. The Morgan fingerprint density at radius 1 is 1.18 bits per heavy atom. The summed E-state index contributed by atoms with van der Waals surface area (Å²) in [6, 6.07) is 12.3.